The second kappa shape index (κ2) is 5.71. The summed E-state index contributed by atoms with van der Waals surface area (Å²) in [5.74, 6) is 0. The molecule has 0 aliphatic heterocycles. The third-order valence-electron chi connectivity index (χ3n) is 5.25. The van der Waals surface area contributed by atoms with Crippen LogP contribution in [0.4, 0.5) is 0 Å². The minimum atomic E-state index is -3.51. The van der Waals surface area contributed by atoms with Crippen LogP contribution in [0.25, 0.3) is 10.9 Å². The van der Waals surface area contributed by atoms with Crippen molar-refractivity contribution in [2.45, 2.75) is 37.0 Å². The van der Waals surface area contributed by atoms with E-state index in [0.717, 1.165) is 29.5 Å². The van der Waals surface area contributed by atoms with Crippen LogP contribution in [0.5, 0.6) is 0 Å². The maximum Gasteiger partial charge on any atom is 0.240 e. The molecule has 130 valence electrons. The molecule has 0 radical (unpaired) electrons. The number of para-hydroxylation sites is 1. The highest BCUT2D eigenvalue weighted by molar-refractivity contribution is 7.89. The van der Waals surface area contributed by atoms with Crippen LogP contribution in [-0.4, -0.2) is 19.9 Å². The van der Waals surface area contributed by atoms with Gasteiger partial charge in [-0.15, -0.1) is 0 Å². The van der Waals surface area contributed by atoms with Crippen LogP contribution in [0.3, 0.4) is 0 Å². The molecule has 4 rings (SSSR count). The number of aryl methyl sites for hydroxylation is 2. The van der Waals surface area contributed by atoms with E-state index in [4.69, 9.17) is 0 Å². The number of sulfonamides is 1. The maximum atomic E-state index is 12.8. The molecule has 3 aromatic rings. The molecule has 0 spiro atoms. The van der Waals surface area contributed by atoms with Crippen molar-refractivity contribution in [3.63, 3.8) is 0 Å². The summed E-state index contributed by atoms with van der Waals surface area (Å²) in [5.41, 5.74) is 3.94. The summed E-state index contributed by atoms with van der Waals surface area (Å²) in [7, 11) is -3.51. The topological polar surface area (TPSA) is 62.0 Å². The Kier molecular flexibility index (Phi) is 3.74. The fourth-order valence-electron chi connectivity index (χ4n) is 3.51. The van der Waals surface area contributed by atoms with Crippen molar-refractivity contribution in [3.05, 3.63) is 65.4 Å². The summed E-state index contributed by atoms with van der Waals surface area (Å²) >= 11 is 0. The Morgan fingerprint density at radius 1 is 1.12 bits per heavy atom. The van der Waals surface area contributed by atoms with Crippen LogP contribution in [-0.2, 0) is 15.4 Å². The summed E-state index contributed by atoms with van der Waals surface area (Å²) in [5, 5.41) is 1.19. The van der Waals surface area contributed by atoms with Gasteiger partial charge in [0.1, 0.15) is 0 Å². The van der Waals surface area contributed by atoms with Gasteiger partial charge in [-0.3, -0.25) is 0 Å². The van der Waals surface area contributed by atoms with Gasteiger partial charge in [-0.25, -0.2) is 13.1 Å². The summed E-state index contributed by atoms with van der Waals surface area (Å²) < 4.78 is 28.4. The molecule has 1 saturated carbocycles. The number of hydrogen-bond acceptors (Lipinski definition) is 2. The smallest absolute Gasteiger partial charge is 0.240 e. The zero-order valence-electron chi connectivity index (χ0n) is 14.5. The minimum Gasteiger partial charge on any atom is -0.361 e. The normalized spacial score (nSPS) is 16.2. The summed E-state index contributed by atoms with van der Waals surface area (Å²) in [6, 6.07) is 13.7. The average Bonchev–Trinajstić information content (AvgIpc) is 3.26. The molecule has 25 heavy (non-hydrogen) atoms. The minimum absolute atomic E-state index is 0.0929. The Balaban J connectivity index is 1.61. The lowest BCUT2D eigenvalue weighted by molar-refractivity contribution is 0.567. The van der Waals surface area contributed by atoms with Gasteiger partial charge in [0.05, 0.1) is 4.90 Å². The van der Waals surface area contributed by atoms with Crippen molar-refractivity contribution in [3.8, 4) is 0 Å². The number of aromatic nitrogens is 1. The van der Waals surface area contributed by atoms with Crippen LogP contribution >= 0.6 is 0 Å². The van der Waals surface area contributed by atoms with E-state index in [-0.39, 0.29) is 5.41 Å². The molecule has 2 N–H and O–H groups in total. The molecule has 0 bridgehead atoms. The van der Waals surface area contributed by atoms with Crippen molar-refractivity contribution < 1.29 is 8.42 Å². The van der Waals surface area contributed by atoms with Crippen molar-refractivity contribution >= 4 is 20.9 Å². The molecular formula is C20H22N2O2S. The second-order valence-corrected chi connectivity index (χ2v) is 8.86. The number of rotatable bonds is 5. The van der Waals surface area contributed by atoms with E-state index in [9.17, 15) is 8.42 Å². The van der Waals surface area contributed by atoms with Crippen LogP contribution in [0.1, 0.15) is 29.5 Å². The maximum absolute atomic E-state index is 12.8. The predicted octanol–water partition coefficient (Wildman–Crippen LogP) is 3.79. The van der Waals surface area contributed by atoms with E-state index in [1.165, 1.54) is 10.9 Å². The molecule has 1 aliphatic rings. The lowest BCUT2D eigenvalue weighted by atomic mass is 9.96. The molecule has 0 saturated heterocycles. The van der Waals surface area contributed by atoms with Gasteiger partial charge >= 0.3 is 0 Å². The van der Waals surface area contributed by atoms with E-state index in [1.54, 1.807) is 6.07 Å². The first-order valence-corrected chi connectivity index (χ1v) is 10.0. The van der Waals surface area contributed by atoms with Crippen molar-refractivity contribution in [2.24, 2.45) is 0 Å². The zero-order valence-corrected chi connectivity index (χ0v) is 15.3. The third kappa shape index (κ3) is 2.87. The number of fused-ring (bicyclic) bond motifs is 1. The van der Waals surface area contributed by atoms with Crippen LogP contribution in [0.15, 0.2) is 53.6 Å². The zero-order chi connectivity index (χ0) is 17.7. The first kappa shape index (κ1) is 16.4. The molecule has 1 fully saturated rings. The van der Waals surface area contributed by atoms with E-state index in [1.807, 2.05) is 44.3 Å². The Labute approximate surface area is 148 Å². The Morgan fingerprint density at radius 3 is 2.64 bits per heavy atom. The lowest BCUT2D eigenvalue weighted by Gasteiger charge is -2.17. The monoisotopic (exact) mass is 354 g/mol. The molecule has 1 aromatic heterocycles. The largest absolute Gasteiger partial charge is 0.361 e. The highest BCUT2D eigenvalue weighted by Gasteiger charge is 2.46. The SMILES string of the molecule is Cc1ccc(C)c(S(=O)(=O)NCC2(c3c[nH]c4ccccc34)CC2)c1. The predicted molar refractivity (Wildman–Crippen MR) is 100 cm³/mol. The highest BCUT2D eigenvalue weighted by Crippen LogP contribution is 2.50. The summed E-state index contributed by atoms with van der Waals surface area (Å²) in [6.07, 6.45) is 4.04. The van der Waals surface area contributed by atoms with Gasteiger partial charge in [0, 0.05) is 29.1 Å². The molecule has 2 aromatic carbocycles. The van der Waals surface area contributed by atoms with Crippen LogP contribution in [0.2, 0.25) is 0 Å². The first-order valence-electron chi connectivity index (χ1n) is 8.55. The van der Waals surface area contributed by atoms with Gasteiger partial charge in [-0.05, 0) is 55.5 Å². The molecule has 1 heterocycles. The lowest BCUT2D eigenvalue weighted by Crippen LogP contribution is -2.32. The molecule has 5 heteroatoms. The summed E-state index contributed by atoms with van der Waals surface area (Å²) in [4.78, 5) is 3.68. The molecule has 0 unspecified atom stereocenters. The van der Waals surface area contributed by atoms with Crippen LogP contribution < -0.4 is 4.72 Å². The highest BCUT2D eigenvalue weighted by atomic mass is 32.2. The molecule has 4 nitrogen and oxygen atoms in total. The average molecular weight is 354 g/mol. The quantitative estimate of drug-likeness (QED) is 0.732. The van der Waals surface area contributed by atoms with E-state index in [0.29, 0.717) is 11.4 Å². The van der Waals surface area contributed by atoms with Crippen LogP contribution in [0, 0.1) is 13.8 Å². The van der Waals surface area contributed by atoms with Crippen molar-refractivity contribution in [2.75, 3.05) is 6.54 Å². The molecular weight excluding hydrogens is 332 g/mol. The van der Waals surface area contributed by atoms with Gasteiger partial charge in [-0.1, -0.05) is 30.3 Å². The van der Waals surface area contributed by atoms with Gasteiger partial charge < -0.3 is 4.98 Å². The number of aromatic amines is 1. The van der Waals surface area contributed by atoms with Gasteiger partial charge in [0.2, 0.25) is 10.0 Å². The number of nitrogens with one attached hydrogen (secondary N) is 2. The van der Waals surface area contributed by atoms with Gasteiger partial charge in [0.15, 0.2) is 0 Å². The van der Waals surface area contributed by atoms with E-state index >= 15 is 0 Å². The molecule has 1 aliphatic carbocycles. The summed E-state index contributed by atoms with van der Waals surface area (Å²) in [6.45, 7) is 4.18. The Morgan fingerprint density at radius 2 is 1.88 bits per heavy atom. The molecule has 0 amide bonds. The third-order valence-corrected chi connectivity index (χ3v) is 6.79. The van der Waals surface area contributed by atoms with Gasteiger partial charge in [-0.2, -0.15) is 0 Å². The fourth-order valence-corrected chi connectivity index (χ4v) is 4.97. The molecule has 0 atom stereocenters. The fraction of sp³-hybridized carbons (Fsp3) is 0.300. The van der Waals surface area contributed by atoms with Crippen molar-refractivity contribution in [1.82, 2.24) is 9.71 Å². The number of H-pyrrole nitrogens is 1. The van der Waals surface area contributed by atoms with Crippen molar-refractivity contribution in [1.29, 1.82) is 0 Å². The van der Waals surface area contributed by atoms with E-state index < -0.39 is 10.0 Å². The first-order chi connectivity index (χ1) is 11.9. The standard InChI is InChI=1S/C20H22N2O2S/c1-14-7-8-15(2)19(11-14)25(23,24)22-13-20(9-10-20)17-12-21-18-6-4-3-5-16(17)18/h3-8,11-12,21-22H,9-10,13H2,1-2H3. The Bertz CT molecular complexity index is 1050. The van der Waals surface area contributed by atoms with Gasteiger partial charge in [0.25, 0.3) is 0 Å². The van der Waals surface area contributed by atoms with E-state index in [2.05, 4.69) is 21.8 Å². The number of benzene rings is 2. The Hall–Kier alpha value is -2.11. The second-order valence-electron chi connectivity index (χ2n) is 7.12. The number of hydrogen-bond donors (Lipinski definition) is 2.